The van der Waals surface area contributed by atoms with Gasteiger partial charge in [-0.2, -0.15) is 9.97 Å². The number of halogens is 3. The molecule has 0 radical (unpaired) electrons. The summed E-state index contributed by atoms with van der Waals surface area (Å²) < 4.78 is 22.0. The fraction of sp³-hybridized carbons (Fsp3) is 0.462. The number of anilines is 3. The minimum Gasteiger partial charge on any atom is -0.369 e. The number of carbonyl (C=O) groups excluding carboxylic acids is 1. The molecule has 2 aliphatic carbocycles. The molecule has 6 rings (SSSR count). The number of fused-ring (bicyclic) bond motifs is 1. The number of carbonyl (C=O) groups is 1. The van der Waals surface area contributed by atoms with Crippen molar-refractivity contribution >= 4 is 57.9 Å². The summed E-state index contributed by atoms with van der Waals surface area (Å²) in [6.07, 6.45) is 9.43. The fourth-order valence-corrected chi connectivity index (χ4v) is 6.33. The SMILES string of the molecule is NC(=O)C1CCC(n2c(Nc3c(F)cc(Cl)cc3Cl)nc3cnc(NC4CCC(c5ncno5)CC4)nc32)CC1. The molecule has 2 fully saturated rings. The summed E-state index contributed by atoms with van der Waals surface area (Å²) in [6.45, 7) is 0. The molecule has 0 aliphatic heterocycles. The minimum absolute atomic E-state index is 0.0372. The predicted octanol–water partition coefficient (Wildman–Crippen LogP) is 5.75. The van der Waals surface area contributed by atoms with E-state index in [4.69, 9.17) is 43.4 Å². The van der Waals surface area contributed by atoms with Gasteiger partial charge in [0.05, 0.1) is 16.9 Å². The van der Waals surface area contributed by atoms with Crippen LogP contribution in [0.25, 0.3) is 11.2 Å². The molecule has 4 N–H and O–H groups in total. The summed E-state index contributed by atoms with van der Waals surface area (Å²) in [7, 11) is 0. The van der Waals surface area contributed by atoms with E-state index in [-0.39, 0.29) is 45.6 Å². The summed E-state index contributed by atoms with van der Waals surface area (Å²) in [5.41, 5.74) is 6.79. The van der Waals surface area contributed by atoms with Crippen LogP contribution in [0.3, 0.4) is 0 Å². The Hall–Kier alpha value is -3.51. The normalized spacial score (nSPS) is 23.3. The zero-order chi connectivity index (χ0) is 27.8. The third kappa shape index (κ3) is 5.42. The van der Waals surface area contributed by atoms with Gasteiger partial charge in [-0.25, -0.2) is 14.4 Å². The van der Waals surface area contributed by atoms with E-state index in [1.807, 2.05) is 4.57 Å². The molecule has 2 aliphatic rings. The van der Waals surface area contributed by atoms with Crippen LogP contribution in [0.2, 0.25) is 10.0 Å². The molecule has 40 heavy (non-hydrogen) atoms. The summed E-state index contributed by atoms with van der Waals surface area (Å²) in [6, 6.07) is 2.81. The van der Waals surface area contributed by atoms with E-state index in [0.29, 0.717) is 54.6 Å². The molecule has 0 spiro atoms. The standard InChI is InChI=1S/C26H28Cl2FN9O2/c27-15-9-18(28)21(19(29)10-15)36-26-35-20-11-31-25(34-16-5-1-14(2-6-16)24-32-12-33-40-24)37-23(20)38(26)17-7-3-13(4-8-17)22(30)39/h9-14,16-17H,1-8H2,(H2,30,39)(H,35,36)(H,31,34,37). The Kier molecular flexibility index (Phi) is 7.45. The van der Waals surface area contributed by atoms with Crippen molar-refractivity contribution in [1.29, 1.82) is 0 Å². The third-order valence-electron chi connectivity index (χ3n) is 7.93. The van der Waals surface area contributed by atoms with E-state index >= 15 is 0 Å². The van der Waals surface area contributed by atoms with Crippen LogP contribution in [0.15, 0.2) is 29.2 Å². The molecular formula is C26H28Cl2FN9O2. The van der Waals surface area contributed by atoms with Crippen LogP contribution in [0.1, 0.15) is 69.2 Å². The van der Waals surface area contributed by atoms with Crippen molar-refractivity contribution in [3.63, 3.8) is 0 Å². The highest BCUT2D eigenvalue weighted by Crippen LogP contribution is 2.39. The Morgan fingerprint density at radius 1 is 1.05 bits per heavy atom. The van der Waals surface area contributed by atoms with Crippen molar-refractivity contribution in [2.45, 2.75) is 69.4 Å². The zero-order valence-corrected chi connectivity index (χ0v) is 23.0. The number of benzene rings is 1. The minimum atomic E-state index is -0.599. The Morgan fingerprint density at radius 2 is 1.82 bits per heavy atom. The second-order valence-corrected chi connectivity index (χ2v) is 11.3. The summed E-state index contributed by atoms with van der Waals surface area (Å²) in [4.78, 5) is 30.0. The lowest BCUT2D eigenvalue weighted by Crippen LogP contribution is -2.29. The molecular weight excluding hydrogens is 560 g/mol. The van der Waals surface area contributed by atoms with Crippen molar-refractivity contribution in [2.24, 2.45) is 11.7 Å². The molecule has 11 nitrogen and oxygen atoms in total. The van der Waals surface area contributed by atoms with Crippen LogP contribution < -0.4 is 16.4 Å². The van der Waals surface area contributed by atoms with Gasteiger partial charge in [0.15, 0.2) is 12.0 Å². The van der Waals surface area contributed by atoms with Crippen molar-refractivity contribution < 1.29 is 13.7 Å². The first kappa shape index (κ1) is 26.7. The summed E-state index contributed by atoms with van der Waals surface area (Å²) >= 11 is 12.3. The monoisotopic (exact) mass is 587 g/mol. The van der Waals surface area contributed by atoms with Crippen molar-refractivity contribution in [3.8, 4) is 0 Å². The van der Waals surface area contributed by atoms with Gasteiger partial charge in [-0.3, -0.25) is 9.36 Å². The molecule has 4 aromatic rings. The molecule has 1 aromatic carbocycles. The molecule has 210 valence electrons. The number of nitrogens with one attached hydrogen (secondary N) is 2. The molecule has 0 unspecified atom stereocenters. The summed E-state index contributed by atoms with van der Waals surface area (Å²) in [5, 5.41) is 10.6. The van der Waals surface area contributed by atoms with Gasteiger partial charge in [0.25, 0.3) is 0 Å². The number of hydrogen-bond acceptors (Lipinski definition) is 9. The smallest absolute Gasteiger partial charge is 0.229 e. The molecule has 0 saturated heterocycles. The Morgan fingerprint density at radius 3 is 2.50 bits per heavy atom. The molecule has 3 heterocycles. The largest absolute Gasteiger partial charge is 0.369 e. The lowest BCUT2D eigenvalue weighted by atomic mass is 9.85. The average Bonchev–Trinajstić information content (AvgIpc) is 3.59. The van der Waals surface area contributed by atoms with Gasteiger partial charge < -0.3 is 20.9 Å². The molecule has 2 saturated carbocycles. The molecule has 3 aromatic heterocycles. The maximum Gasteiger partial charge on any atom is 0.229 e. The van der Waals surface area contributed by atoms with Gasteiger partial charge in [0.1, 0.15) is 11.3 Å². The molecule has 0 bridgehead atoms. The van der Waals surface area contributed by atoms with Crippen molar-refractivity contribution in [3.05, 3.63) is 46.4 Å². The van der Waals surface area contributed by atoms with Crippen LogP contribution >= 0.6 is 23.2 Å². The number of primary amides is 1. The molecule has 1 amide bonds. The van der Waals surface area contributed by atoms with Crippen molar-refractivity contribution in [1.82, 2.24) is 29.7 Å². The maximum absolute atomic E-state index is 14.8. The maximum atomic E-state index is 14.8. The number of hydrogen-bond donors (Lipinski definition) is 3. The van der Waals surface area contributed by atoms with Gasteiger partial charge in [-0.15, -0.1) is 0 Å². The number of rotatable bonds is 7. The average molecular weight is 588 g/mol. The van der Waals surface area contributed by atoms with E-state index in [9.17, 15) is 9.18 Å². The quantitative estimate of drug-likeness (QED) is 0.245. The third-order valence-corrected chi connectivity index (χ3v) is 8.44. The van der Waals surface area contributed by atoms with Gasteiger partial charge >= 0.3 is 0 Å². The lowest BCUT2D eigenvalue weighted by Gasteiger charge is -2.29. The Balaban J connectivity index is 1.28. The number of amides is 1. The van der Waals surface area contributed by atoms with E-state index in [1.165, 1.54) is 18.5 Å². The lowest BCUT2D eigenvalue weighted by molar-refractivity contribution is -0.122. The number of nitrogens with two attached hydrogens (primary N) is 1. The molecule has 14 heteroatoms. The number of nitrogens with zero attached hydrogens (tertiary/aromatic N) is 6. The van der Waals surface area contributed by atoms with Crippen LogP contribution in [-0.4, -0.2) is 41.6 Å². The van der Waals surface area contributed by atoms with Crippen LogP contribution in [0, 0.1) is 11.7 Å². The number of aromatic nitrogens is 6. The first-order chi connectivity index (χ1) is 19.4. The second kappa shape index (κ2) is 11.2. The van der Waals surface area contributed by atoms with Crippen LogP contribution in [-0.2, 0) is 4.79 Å². The predicted molar refractivity (Wildman–Crippen MR) is 148 cm³/mol. The highest BCUT2D eigenvalue weighted by atomic mass is 35.5. The second-order valence-electron chi connectivity index (χ2n) is 10.5. The first-order valence-electron chi connectivity index (χ1n) is 13.3. The van der Waals surface area contributed by atoms with E-state index in [2.05, 4.69) is 25.8 Å². The van der Waals surface area contributed by atoms with E-state index in [0.717, 1.165) is 25.7 Å². The van der Waals surface area contributed by atoms with Gasteiger partial charge in [0.2, 0.25) is 23.7 Å². The number of imidazole rings is 1. The van der Waals surface area contributed by atoms with Crippen molar-refractivity contribution in [2.75, 3.05) is 10.6 Å². The zero-order valence-electron chi connectivity index (χ0n) is 21.5. The first-order valence-corrected chi connectivity index (χ1v) is 14.1. The highest BCUT2D eigenvalue weighted by Gasteiger charge is 2.30. The van der Waals surface area contributed by atoms with Crippen LogP contribution in [0.5, 0.6) is 0 Å². The fourth-order valence-electron chi connectivity index (χ4n) is 5.82. The highest BCUT2D eigenvalue weighted by molar-refractivity contribution is 6.36. The Bertz CT molecular complexity index is 1490. The van der Waals surface area contributed by atoms with E-state index < -0.39 is 5.82 Å². The Labute approximate surface area is 239 Å². The summed E-state index contributed by atoms with van der Waals surface area (Å²) in [5.74, 6) is 0.760. The van der Waals surface area contributed by atoms with Crippen LogP contribution in [0.4, 0.5) is 22.0 Å². The van der Waals surface area contributed by atoms with Gasteiger partial charge in [-0.1, -0.05) is 28.4 Å². The topological polar surface area (TPSA) is 150 Å². The molecule has 0 atom stereocenters. The van der Waals surface area contributed by atoms with E-state index in [1.54, 1.807) is 6.20 Å². The van der Waals surface area contributed by atoms with Gasteiger partial charge in [0, 0.05) is 28.9 Å². The van der Waals surface area contributed by atoms with Gasteiger partial charge in [-0.05, 0) is 63.5 Å².